The van der Waals surface area contributed by atoms with Crippen LogP contribution < -0.4 is 15.2 Å². The third-order valence-corrected chi connectivity index (χ3v) is 3.55. The van der Waals surface area contributed by atoms with Crippen molar-refractivity contribution in [3.8, 4) is 5.75 Å². The van der Waals surface area contributed by atoms with Crippen molar-refractivity contribution in [1.82, 2.24) is 0 Å². The maximum atomic E-state index is 9.53. The number of hydrogen-bond donors (Lipinski definition) is 2. The lowest BCUT2D eigenvalue weighted by molar-refractivity contribution is -0.687. The number of benzene rings is 1. The zero-order valence-corrected chi connectivity index (χ0v) is 14.8. The molecule has 2 rings (SSSR count). The van der Waals surface area contributed by atoms with Gasteiger partial charge in [-0.1, -0.05) is 23.2 Å². The molecule has 1 aromatic carbocycles. The first-order valence-electron chi connectivity index (χ1n) is 7.29. The number of rotatable bonds is 5. The molecule has 0 saturated heterocycles. The number of hydrogen-bond acceptors (Lipinski definition) is 4. The molecule has 1 aliphatic rings. The summed E-state index contributed by atoms with van der Waals surface area (Å²) in [6.45, 7) is 5.30. The Kier molecular flexibility index (Phi) is 8.04. The quantitative estimate of drug-likeness (QED) is 0.735. The van der Waals surface area contributed by atoms with Gasteiger partial charge in [-0.3, -0.25) is 0 Å². The van der Waals surface area contributed by atoms with E-state index < -0.39 is 11.9 Å². The Morgan fingerprint density at radius 3 is 2.58 bits per heavy atom. The van der Waals surface area contributed by atoms with E-state index in [2.05, 4.69) is 19.2 Å². The number of carboxylic acid groups (broad SMARTS) is 2. The van der Waals surface area contributed by atoms with E-state index in [9.17, 15) is 14.7 Å². The first-order valence-corrected chi connectivity index (χ1v) is 8.04. The van der Waals surface area contributed by atoms with E-state index >= 15 is 0 Å². The second-order valence-corrected chi connectivity index (χ2v) is 6.37. The normalized spacial score (nSPS) is 15.6. The average Bonchev–Trinajstić information content (AvgIpc) is 2.87. The van der Waals surface area contributed by atoms with Crippen LogP contribution in [0, 0.1) is 0 Å². The van der Waals surface area contributed by atoms with Gasteiger partial charge < -0.3 is 25.1 Å². The molecule has 0 aromatic heterocycles. The Morgan fingerprint density at radius 2 is 2.08 bits per heavy atom. The molecule has 24 heavy (non-hydrogen) atoms. The molecule has 1 aromatic rings. The van der Waals surface area contributed by atoms with Crippen molar-refractivity contribution in [2.45, 2.75) is 32.4 Å². The lowest BCUT2D eigenvalue weighted by Crippen LogP contribution is -2.90. The topological polar surface area (TPSA) is 103 Å². The van der Waals surface area contributed by atoms with Crippen molar-refractivity contribution < 1.29 is 29.9 Å². The summed E-state index contributed by atoms with van der Waals surface area (Å²) in [5, 5.41) is 20.8. The fourth-order valence-corrected chi connectivity index (χ4v) is 2.63. The summed E-state index contributed by atoms with van der Waals surface area (Å²) >= 11 is 12.0. The molecular weight excluding hydrogens is 357 g/mol. The molecule has 132 valence electrons. The van der Waals surface area contributed by atoms with Gasteiger partial charge in [-0.25, -0.2) is 4.79 Å². The minimum atomic E-state index is -1.51. The number of ether oxygens (including phenoxy) is 1. The smallest absolute Gasteiger partial charge is 0.328 e. The number of carbonyl (C=O) groups is 2. The summed E-state index contributed by atoms with van der Waals surface area (Å²) in [6.07, 6.45) is 2.06. The Bertz CT molecular complexity index is 615. The van der Waals surface area contributed by atoms with Crippen molar-refractivity contribution in [3.05, 3.63) is 39.9 Å². The molecule has 1 unspecified atom stereocenters. The van der Waals surface area contributed by atoms with Crippen LogP contribution in [-0.4, -0.2) is 35.7 Å². The van der Waals surface area contributed by atoms with E-state index in [0.29, 0.717) is 28.2 Å². The van der Waals surface area contributed by atoms with Gasteiger partial charge in [0, 0.05) is 23.1 Å². The Hall–Kier alpha value is -1.76. The van der Waals surface area contributed by atoms with Crippen LogP contribution >= 0.6 is 23.2 Å². The van der Waals surface area contributed by atoms with Crippen molar-refractivity contribution in [2.24, 2.45) is 0 Å². The predicted molar refractivity (Wildman–Crippen MR) is 88.3 cm³/mol. The van der Waals surface area contributed by atoms with E-state index in [1.807, 2.05) is 6.07 Å². The van der Waals surface area contributed by atoms with E-state index in [0.717, 1.165) is 24.3 Å². The lowest BCUT2D eigenvalue weighted by Gasteiger charge is -2.11. The number of quaternary nitrogens is 1. The molecule has 0 saturated carbocycles. The van der Waals surface area contributed by atoms with E-state index in [1.54, 1.807) is 6.07 Å². The number of nitrogens with two attached hydrogens (primary N) is 1. The van der Waals surface area contributed by atoms with Gasteiger partial charge >= 0.3 is 5.97 Å². The van der Waals surface area contributed by atoms with Gasteiger partial charge in [0.05, 0.1) is 17.0 Å². The summed E-state index contributed by atoms with van der Waals surface area (Å²) in [5.41, 5.74) is 1.12. The van der Waals surface area contributed by atoms with Gasteiger partial charge in [-0.05, 0) is 32.1 Å². The van der Waals surface area contributed by atoms with Gasteiger partial charge in [-0.2, -0.15) is 0 Å². The molecule has 1 atom stereocenters. The molecule has 0 bridgehead atoms. The third kappa shape index (κ3) is 7.21. The molecular formula is C16H19Cl2NO5. The number of carbonyl (C=O) groups excluding carboxylic acids is 1. The summed E-state index contributed by atoms with van der Waals surface area (Å²) < 4.78 is 5.82. The monoisotopic (exact) mass is 375 g/mol. The molecule has 8 heteroatoms. The van der Waals surface area contributed by atoms with Crippen molar-refractivity contribution in [1.29, 1.82) is 0 Å². The molecule has 1 heterocycles. The summed E-state index contributed by atoms with van der Waals surface area (Å²) in [5.74, 6) is -1.99. The Balaban J connectivity index is 0.000000307. The molecule has 0 amide bonds. The minimum absolute atomic E-state index is 0.216. The first kappa shape index (κ1) is 20.3. The van der Waals surface area contributed by atoms with E-state index in [4.69, 9.17) is 33.0 Å². The fourth-order valence-electron chi connectivity index (χ4n) is 2.05. The van der Waals surface area contributed by atoms with Crippen LogP contribution in [0.15, 0.2) is 24.3 Å². The van der Waals surface area contributed by atoms with Gasteiger partial charge in [0.15, 0.2) is 6.10 Å². The maximum Gasteiger partial charge on any atom is 0.328 e. The maximum absolute atomic E-state index is 9.53. The van der Waals surface area contributed by atoms with Crippen molar-refractivity contribution >= 4 is 35.1 Å². The standard InChI is InChI=1S/C12H15Cl2NO.C4H4O4/c1-7(2)15-6-10-4-8-3-9(13)5-11(14)12(8)16-10;5-3(6)1-2-4(7)8/h3,5,7,10,15H,4,6H2,1-2H3;1-2H,(H,5,6)(H,7,8)/b;2-1-. The molecule has 0 aliphatic carbocycles. The number of fused-ring (bicyclic) bond motifs is 1. The molecule has 1 aliphatic heterocycles. The van der Waals surface area contributed by atoms with Gasteiger partial charge in [0.2, 0.25) is 0 Å². The van der Waals surface area contributed by atoms with E-state index in [-0.39, 0.29) is 6.10 Å². The highest BCUT2D eigenvalue weighted by molar-refractivity contribution is 6.35. The molecule has 0 spiro atoms. The largest absolute Gasteiger partial charge is 0.545 e. The summed E-state index contributed by atoms with van der Waals surface area (Å²) in [4.78, 5) is 19.0. The predicted octanol–water partition coefficient (Wildman–Crippen LogP) is 0.646. The van der Waals surface area contributed by atoms with Crippen molar-refractivity contribution in [3.63, 3.8) is 0 Å². The van der Waals surface area contributed by atoms with Crippen LogP contribution in [0.4, 0.5) is 0 Å². The van der Waals surface area contributed by atoms with Crippen LogP contribution in [0.1, 0.15) is 19.4 Å². The van der Waals surface area contributed by atoms with Crippen LogP contribution in [0.2, 0.25) is 10.0 Å². The molecule has 3 N–H and O–H groups in total. The number of carboxylic acids is 2. The highest BCUT2D eigenvalue weighted by Crippen LogP contribution is 2.37. The van der Waals surface area contributed by atoms with Crippen LogP contribution in [0.5, 0.6) is 5.75 Å². The second kappa shape index (κ2) is 9.52. The average molecular weight is 376 g/mol. The Labute approximate surface area is 150 Å². The molecule has 0 fully saturated rings. The van der Waals surface area contributed by atoms with Crippen molar-refractivity contribution in [2.75, 3.05) is 6.54 Å². The van der Waals surface area contributed by atoms with Gasteiger partial charge in [0.1, 0.15) is 12.3 Å². The summed E-state index contributed by atoms with van der Waals surface area (Å²) in [6, 6.07) is 4.26. The van der Waals surface area contributed by atoms with E-state index in [1.165, 1.54) is 0 Å². The Morgan fingerprint density at radius 1 is 1.42 bits per heavy atom. The molecule has 0 radical (unpaired) electrons. The lowest BCUT2D eigenvalue weighted by atomic mass is 10.1. The van der Waals surface area contributed by atoms with Crippen LogP contribution in [0.25, 0.3) is 0 Å². The van der Waals surface area contributed by atoms with Crippen LogP contribution in [-0.2, 0) is 16.0 Å². The van der Waals surface area contributed by atoms with Gasteiger partial charge in [0.25, 0.3) is 0 Å². The van der Waals surface area contributed by atoms with Gasteiger partial charge in [-0.15, -0.1) is 0 Å². The first-order chi connectivity index (χ1) is 11.2. The van der Waals surface area contributed by atoms with Crippen LogP contribution in [0.3, 0.4) is 0 Å². The third-order valence-electron chi connectivity index (χ3n) is 3.05. The minimum Gasteiger partial charge on any atom is -0.545 e. The summed E-state index contributed by atoms with van der Waals surface area (Å²) in [7, 11) is 0. The highest BCUT2D eigenvalue weighted by atomic mass is 35.5. The second-order valence-electron chi connectivity index (χ2n) is 5.53. The zero-order valence-electron chi connectivity index (χ0n) is 13.3. The number of aliphatic carboxylic acids is 2. The SMILES string of the molecule is CC(C)[NH2+]CC1Cc2cc(Cl)cc(Cl)c2O1.O=C([O-])/C=C\C(=O)O. The number of halogens is 2. The highest BCUT2D eigenvalue weighted by Gasteiger charge is 2.26. The zero-order chi connectivity index (χ0) is 18.3. The molecule has 6 nitrogen and oxygen atoms in total. The fraction of sp³-hybridized carbons (Fsp3) is 0.375.